The molecule has 10 heteroatoms. The van der Waals surface area contributed by atoms with Gasteiger partial charge in [0.05, 0.1) is 22.5 Å². The Morgan fingerprint density at radius 2 is 1.57 bits per heavy atom. The SMILES string of the molecule is Cn1ccc(/C=C2\N=C(SC(C(=O)Nc3ccc(-c4cc(C(=O)O)c5ccccc5n4)cc3)c3ccccc3)N(c3ccccc3)C2=O)c1. The Hall–Kier alpha value is -6.26. The molecule has 0 bridgehead atoms. The van der Waals surface area contributed by atoms with Gasteiger partial charge >= 0.3 is 5.97 Å². The monoisotopic (exact) mass is 663 g/mol. The van der Waals surface area contributed by atoms with E-state index in [1.54, 1.807) is 59.5 Å². The number of aromatic nitrogens is 2. The summed E-state index contributed by atoms with van der Waals surface area (Å²) in [6, 6.07) is 36.3. The van der Waals surface area contributed by atoms with Crippen LogP contribution in [0.15, 0.2) is 144 Å². The lowest BCUT2D eigenvalue weighted by molar-refractivity contribution is -0.116. The van der Waals surface area contributed by atoms with Crippen molar-refractivity contribution in [3.8, 4) is 11.3 Å². The molecule has 1 unspecified atom stereocenters. The van der Waals surface area contributed by atoms with Crippen molar-refractivity contribution in [3.05, 3.63) is 156 Å². The number of benzene rings is 4. The van der Waals surface area contributed by atoms with Gasteiger partial charge in [-0.2, -0.15) is 0 Å². The average molecular weight is 664 g/mol. The number of carbonyl (C=O) groups excluding carboxylic acids is 2. The van der Waals surface area contributed by atoms with E-state index in [2.05, 4.69) is 10.3 Å². The van der Waals surface area contributed by atoms with Gasteiger partial charge < -0.3 is 15.0 Å². The van der Waals surface area contributed by atoms with Crippen LogP contribution < -0.4 is 10.2 Å². The Balaban J connectivity index is 1.19. The highest BCUT2D eigenvalue weighted by Gasteiger charge is 2.36. The van der Waals surface area contributed by atoms with E-state index in [-0.39, 0.29) is 23.1 Å². The quantitative estimate of drug-likeness (QED) is 0.161. The highest BCUT2D eigenvalue weighted by Crippen LogP contribution is 2.38. The van der Waals surface area contributed by atoms with Crippen LogP contribution in [-0.4, -0.2) is 37.6 Å². The lowest BCUT2D eigenvalue weighted by Crippen LogP contribution is -2.32. The lowest BCUT2D eigenvalue weighted by atomic mass is 10.0. The first-order valence-corrected chi connectivity index (χ1v) is 16.3. The molecule has 0 saturated heterocycles. The largest absolute Gasteiger partial charge is 0.478 e. The van der Waals surface area contributed by atoms with Gasteiger partial charge in [-0.15, -0.1) is 0 Å². The fraction of sp³-hybridized carbons (Fsp3) is 0.0513. The van der Waals surface area contributed by atoms with Crippen LogP contribution in [0.2, 0.25) is 0 Å². The number of pyridine rings is 1. The molecule has 3 heterocycles. The third-order valence-corrected chi connectivity index (χ3v) is 9.17. The van der Waals surface area contributed by atoms with E-state index in [0.29, 0.717) is 38.7 Å². The molecule has 1 atom stereocenters. The third kappa shape index (κ3) is 6.63. The number of thioether (sulfide) groups is 1. The summed E-state index contributed by atoms with van der Waals surface area (Å²) in [6.07, 6.45) is 5.54. The Morgan fingerprint density at radius 3 is 2.27 bits per heavy atom. The molecule has 0 fully saturated rings. The van der Waals surface area contributed by atoms with E-state index in [0.717, 1.165) is 11.1 Å². The average Bonchev–Trinajstić information content (AvgIpc) is 3.68. The summed E-state index contributed by atoms with van der Waals surface area (Å²) >= 11 is 1.20. The molecule has 1 aliphatic rings. The smallest absolute Gasteiger partial charge is 0.336 e. The minimum Gasteiger partial charge on any atom is -0.478 e. The van der Waals surface area contributed by atoms with Gasteiger partial charge in [0.15, 0.2) is 5.17 Å². The number of fused-ring (bicyclic) bond motifs is 1. The highest BCUT2D eigenvalue weighted by atomic mass is 32.2. The molecular weight excluding hydrogens is 635 g/mol. The maximum Gasteiger partial charge on any atom is 0.336 e. The molecule has 240 valence electrons. The van der Waals surface area contributed by atoms with Gasteiger partial charge in [-0.1, -0.05) is 90.6 Å². The second kappa shape index (κ2) is 13.5. The van der Waals surface area contributed by atoms with Crippen LogP contribution in [0.1, 0.15) is 26.7 Å². The van der Waals surface area contributed by atoms with E-state index < -0.39 is 11.2 Å². The number of nitrogens with one attached hydrogen (secondary N) is 1. The number of aromatic carboxylic acids is 1. The first-order valence-electron chi connectivity index (χ1n) is 15.4. The molecule has 7 rings (SSSR count). The number of para-hydroxylation sites is 2. The standard InChI is InChI=1S/C39H29N5O4S/c1-43-21-20-25(24-43)22-34-37(46)44(29-12-6-3-7-13-29)39(42-34)49-35(27-10-4-2-5-11-27)36(45)40-28-18-16-26(17-19-28)33-23-31(38(47)48)30-14-8-9-15-32(30)41-33/h2-24,35H,1H3,(H,40,45)(H,47,48)/b34-22-. The zero-order valence-corrected chi connectivity index (χ0v) is 27.0. The summed E-state index contributed by atoms with van der Waals surface area (Å²) in [4.78, 5) is 50.8. The van der Waals surface area contributed by atoms with Gasteiger partial charge in [0.25, 0.3) is 5.91 Å². The molecule has 49 heavy (non-hydrogen) atoms. The summed E-state index contributed by atoms with van der Waals surface area (Å²) in [6.45, 7) is 0. The fourth-order valence-corrected chi connectivity index (χ4v) is 6.70. The van der Waals surface area contributed by atoms with Crippen molar-refractivity contribution in [1.82, 2.24) is 9.55 Å². The molecule has 4 aromatic carbocycles. The number of rotatable bonds is 8. The molecular formula is C39H29N5O4S. The van der Waals surface area contributed by atoms with Gasteiger partial charge in [-0.3, -0.25) is 14.5 Å². The predicted molar refractivity (Wildman–Crippen MR) is 194 cm³/mol. The molecule has 2 aromatic heterocycles. The van der Waals surface area contributed by atoms with Crippen LogP contribution in [0, 0.1) is 0 Å². The number of aryl methyl sites for hydroxylation is 1. The number of hydrogen-bond acceptors (Lipinski definition) is 6. The van der Waals surface area contributed by atoms with Crippen LogP contribution in [0.25, 0.3) is 28.2 Å². The van der Waals surface area contributed by atoms with Crippen LogP contribution in [-0.2, 0) is 16.6 Å². The maximum absolute atomic E-state index is 14.0. The van der Waals surface area contributed by atoms with Crippen molar-refractivity contribution in [1.29, 1.82) is 0 Å². The maximum atomic E-state index is 14.0. The summed E-state index contributed by atoms with van der Waals surface area (Å²) in [5.41, 5.74) is 5.01. The van der Waals surface area contributed by atoms with Crippen LogP contribution in [0.4, 0.5) is 11.4 Å². The summed E-state index contributed by atoms with van der Waals surface area (Å²) < 4.78 is 1.90. The zero-order chi connectivity index (χ0) is 33.9. The van der Waals surface area contributed by atoms with E-state index in [4.69, 9.17) is 4.99 Å². The van der Waals surface area contributed by atoms with Gasteiger partial charge in [0.1, 0.15) is 10.9 Å². The summed E-state index contributed by atoms with van der Waals surface area (Å²) in [5, 5.41) is 13.0. The van der Waals surface area contributed by atoms with Crippen LogP contribution in [0.5, 0.6) is 0 Å². The van der Waals surface area contributed by atoms with Gasteiger partial charge in [0, 0.05) is 36.1 Å². The number of anilines is 2. The van der Waals surface area contributed by atoms with Gasteiger partial charge in [0.2, 0.25) is 5.91 Å². The number of carboxylic acids is 1. The zero-order valence-electron chi connectivity index (χ0n) is 26.2. The number of carboxylic acid groups (broad SMARTS) is 1. The molecule has 0 spiro atoms. The molecule has 0 aliphatic carbocycles. The summed E-state index contributed by atoms with van der Waals surface area (Å²) in [7, 11) is 1.91. The third-order valence-electron chi connectivity index (χ3n) is 7.96. The van der Waals surface area contributed by atoms with Crippen LogP contribution >= 0.6 is 11.8 Å². The Labute approximate surface area is 286 Å². The number of aliphatic imine (C=N–C) groups is 1. The number of hydrogen-bond donors (Lipinski definition) is 2. The summed E-state index contributed by atoms with van der Waals surface area (Å²) in [5.74, 6) is -1.62. The van der Waals surface area contributed by atoms with E-state index in [1.165, 1.54) is 11.8 Å². The Morgan fingerprint density at radius 1 is 0.878 bits per heavy atom. The van der Waals surface area contributed by atoms with Crippen molar-refractivity contribution < 1.29 is 19.5 Å². The molecule has 2 N–H and O–H groups in total. The normalized spacial score (nSPS) is 14.2. The van der Waals surface area contributed by atoms with Crippen molar-refractivity contribution in [2.24, 2.45) is 12.0 Å². The number of amides is 2. The number of nitrogens with zero attached hydrogens (tertiary/aromatic N) is 4. The molecule has 0 radical (unpaired) electrons. The van der Waals surface area contributed by atoms with E-state index in [9.17, 15) is 19.5 Å². The van der Waals surface area contributed by atoms with Gasteiger partial charge in [-0.25, -0.2) is 14.8 Å². The Bertz CT molecular complexity index is 2260. The molecule has 2 amide bonds. The lowest BCUT2D eigenvalue weighted by Gasteiger charge is -2.22. The fourth-order valence-electron chi connectivity index (χ4n) is 5.59. The number of amidine groups is 1. The molecule has 1 aliphatic heterocycles. The minimum atomic E-state index is -1.03. The van der Waals surface area contributed by atoms with Crippen molar-refractivity contribution >= 4 is 63.1 Å². The van der Waals surface area contributed by atoms with Crippen molar-refractivity contribution in [2.45, 2.75) is 5.25 Å². The van der Waals surface area contributed by atoms with Crippen LogP contribution in [0.3, 0.4) is 0 Å². The molecule has 6 aromatic rings. The predicted octanol–water partition coefficient (Wildman–Crippen LogP) is 7.80. The van der Waals surface area contributed by atoms with Crippen molar-refractivity contribution in [3.63, 3.8) is 0 Å². The second-order valence-electron chi connectivity index (χ2n) is 11.4. The van der Waals surface area contributed by atoms with E-state index >= 15 is 0 Å². The first kappa shape index (κ1) is 31.3. The van der Waals surface area contributed by atoms with Crippen molar-refractivity contribution in [2.75, 3.05) is 10.2 Å². The Kier molecular flexibility index (Phi) is 8.61. The highest BCUT2D eigenvalue weighted by molar-refractivity contribution is 8.15. The second-order valence-corrected chi connectivity index (χ2v) is 12.4. The van der Waals surface area contributed by atoms with Gasteiger partial charge in [-0.05, 0) is 59.7 Å². The molecule has 9 nitrogen and oxygen atoms in total. The topological polar surface area (TPSA) is 117 Å². The minimum absolute atomic E-state index is 0.167. The van der Waals surface area contributed by atoms with E-state index in [1.807, 2.05) is 96.8 Å². The molecule has 0 saturated carbocycles. The first-order chi connectivity index (χ1) is 23.8. The number of carbonyl (C=O) groups is 3.